The summed E-state index contributed by atoms with van der Waals surface area (Å²) in [7, 11) is 0. The van der Waals surface area contributed by atoms with Crippen LogP contribution in [0.5, 0.6) is 0 Å². The predicted molar refractivity (Wildman–Crippen MR) is 311 cm³/mol. The molecule has 0 aliphatic carbocycles. The molecule has 2 nitrogen and oxygen atoms in total. The van der Waals surface area contributed by atoms with E-state index < -0.39 is 0 Å². The van der Waals surface area contributed by atoms with Crippen LogP contribution in [0.15, 0.2) is 255 Å². The molecule has 0 saturated heterocycles. The van der Waals surface area contributed by atoms with Gasteiger partial charge in [0.2, 0.25) is 0 Å². The zero-order valence-electron chi connectivity index (χ0n) is 38.4. The first kappa shape index (κ1) is 41.6. The molecule has 11 aromatic carbocycles. The summed E-state index contributed by atoms with van der Waals surface area (Å²) in [5.41, 5.74) is 13.8. The molecule has 0 bridgehead atoms. The molecule has 0 fully saturated rings. The highest BCUT2D eigenvalue weighted by molar-refractivity contribution is 7.27. The van der Waals surface area contributed by atoms with Gasteiger partial charge in [0, 0.05) is 72.9 Å². The average Bonchev–Trinajstić information content (AvgIpc) is 4.14. The van der Waals surface area contributed by atoms with Crippen molar-refractivity contribution >= 4 is 129 Å². The summed E-state index contributed by atoms with van der Waals surface area (Å²) in [5.74, 6) is 0. The van der Waals surface area contributed by atoms with E-state index in [1.165, 1.54) is 94.1 Å². The van der Waals surface area contributed by atoms with Crippen LogP contribution in [0.1, 0.15) is 0 Å². The van der Waals surface area contributed by atoms with Crippen molar-refractivity contribution in [1.29, 1.82) is 0 Å². The highest BCUT2D eigenvalue weighted by Crippen LogP contribution is 2.50. The second kappa shape index (κ2) is 17.3. The number of benzene rings is 11. The van der Waals surface area contributed by atoms with Crippen LogP contribution in [-0.2, 0) is 0 Å². The Balaban J connectivity index is 0.945. The van der Waals surface area contributed by atoms with Crippen LogP contribution in [0.25, 0.3) is 93.9 Å². The fraction of sp³-hybridized carbons (Fsp3) is 0. The zero-order valence-corrected chi connectivity index (χ0v) is 40.8. The van der Waals surface area contributed by atoms with Crippen LogP contribution in [0, 0.1) is 0 Å². The molecule has 0 spiro atoms. The Morgan fingerprint density at radius 2 is 0.592 bits per heavy atom. The molecule has 0 atom stereocenters. The van der Waals surface area contributed by atoms with Gasteiger partial charge in [-0.25, -0.2) is 0 Å². The molecule has 14 aromatic rings. The summed E-state index contributed by atoms with van der Waals surface area (Å²) in [6.45, 7) is 0. The van der Waals surface area contributed by atoms with Crippen molar-refractivity contribution in [3.8, 4) is 33.4 Å². The minimum Gasteiger partial charge on any atom is -0.310 e. The van der Waals surface area contributed by atoms with E-state index in [0.717, 1.165) is 33.9 Å². The topological polar surface area (TPSA) is 6.48 Å². The van der Waals surface area contributed by atoms with Crippen molar-refractivity contribution in [1.82, 2.24) is 0 Å². The second-order valence-corrected chi connectivity index (χ2v) is 21.2. The minimum absolute atomic E-state index is 1.09. The highest BCUT2D eigenvalue weighted by atomic mass is 32.1. The van der Waals surface area contributed by atoms with Crippen LogP contribution in [0.2, 0.25) is 0 Å². The molecule has 5 heteroatoms. The molecule has 0 unspecified atom stereocenters. The summed E-state index contributed by atoms with van der Waals surface area (Å²) in [4.78, 5) is 4.98. The molecule has 334 valence electrons. The number of thiophene rings is 3. The lowest BCUT2D eigenvalue weighted by atomic mass is 9.98. The molecule has 0 saturated carbocycles. The molecule has 0 radical (unpaired) electrons. The standard InChI is InChI=1S/C66H42N2S3/c1-2-17-43(18-3-1)44-19-10-20-45(39-44)46-21-11-24-49(40-46)67(56-31-15-37-62-64(56)54-28-5-8-35-60(54)69-62)50-25-12-22-47(41-50)48-23-13-26-51(42-48)68(57-32-16-38-63-65(57)55-29-6-9-36-61(55)70-63)58-33-14-30-53-52-27-4-7-34-59(52)71-66(53)58/h1-42H. The van der Waals surface area contributed by atoms with Crippen molar-refractivity contribution in [2.45, 2.75) is 0 Å². The molecule has 0 aliphatic heterocycles. The molecule has 71 heavy (non-hydrogen) atoms. The van der Waals surface area contributed by atoms with Gasteiger partial charge in [0.1, 0.15) is 0 Å². The van der Waals surface area contributed by atoms with Crippen LogP contribution in [-0.4, -0.2) is 0 Å². The van der Waals surface area contributed by atoms with Crippen molar-refractivity contribution in [2.24, 2.45) is 0 Å². The lowest BCUT2D eigenvalue weighted by Crippen LogP contribution is -2.11. The molecular formula is C66H42N2S3. The van der Waals surface area contributed by atoms with Crippen molar-refractivity contribution in [2.75, 3.05) is 9.80 Å². The maximum Gasteiger partial charge on any atom is 0.0640 e. The van der Waals surface area contributed by atoms with E-state index in [-0.39, 0.29) is 0 Å². The Labute approximate surface area is 423 Å². The van der Waals surface area contributed by atoms with Crippen LogP contribution >= 0.6 is 34.0 Å². The fourth-order valence-corrected chi connectivity index (χ4v) is 14.1. The maximum atomic E-state index is 2.51. The third-order valence-electron chi connectivity index (χ3n) is 13.8. The van der Waals surface area contributed by atoms with Crippen LogP contribution < -0.4 is 9.80 Å². The molecule has 0 aliphatic rings. The van der Waals surface area contributed by atoms with Gasteiger partial charge < -0.3 is 9.80 Å². The SMILES string of the molecule is c1ccc(-c2cccc(-c3cccc(N(c4cccc(-c5cccc(N(c6cccc7c6sc6ccccc67)c6cccc7sc8ccccc8c67)c5)c4)c4cccc5sc6ccccc6c45)c3)c2)cc1. The van der Waals surface area contributed by atoms with Gasteiger partial charge in [-0.2, -0.15) is 0 Å². The van der Waals surface area contributed by atoms with Gasteiger partial charge in [0.05, 0.1) is 21.8 Å². The van der Waals surface area contributed by atoms with E-state index >= 15 is 0 Å². The summed E-state index contributed by atoms with van der Waals surface area (Å²) in [5, 5.41) is 7.66. The normalized spacial score (nSPS) is 11.7. The minimum atomic E-state index is 1.09. The summed E-state index contributed by atoms with van der Waals surface area (Å²) >= 11 is 5.60. The largest absolute Gasteiger partial charge is 0.310 e. The molecule has 0 amide bonds. The summed E-state index contributed by atoms with van der Waals surface area (Å²) in [6.07, 6.45) is 0. The first-order valence-electron chi connectivity index (χ1n) is 24.0. The summed E-state index contributed by atoms with van der Waals surface area (Å²) < 4.78 is 7.70. The number of fused-ring (bicyclic) bond motifs is 9. The molecule has 3 heterocycles. The van der Waals surface area contributed by atoms with E-state index in [1.54, 1.807) is 0 Å². The highest BCUT2D eigenvalue weighted by Gasteiger charge is 2.24. The maximum absolute atomic E-state index is 2.51. The van der Waals surface area contributed by atoms with Gasteiger partial charge in [-0.3, -0.25) is 0 Å². The average molecular weight is 959 g/mol. The third-order valence-corrected chi connectivity index (χ3v) is 17.3. The smallest absolute Gasteiger partial charge is 0.0640 e. The van der Waals surface area contributed by atoms with Crippen molar-refractivity contribution in [3.05, 3.63) is 255 Å². The number of rotatable bonds is 9. The van der Waals surface area contributed by atoms with E-state index in [1.807, 2.05) is 34.0 Å². The monoisotopic (exact) mass is 958 g/mol. The molecular weight excluding hydrogens is 917 g/mol. The Hall–Kier alpha value is -8.32. The number of hydrogen-bond acceptors (Lipinski definition) is 5. The van der Waals surface area contributed by atoms with Gasteiger partial charge in [-0.1, -0.05) is 164 Å². The lowest BCUT2D eigenvalue weighted by molar-refractivity contribution is 1.30. The van der Waals surface area contributed by atoms with Gasteiger partial charge in [-0.05, 0) is 124 Å². The second-order valence-electron chi connectivity index (χ2n) is 18.0. The Bertz CT molecular complexity index is 4330. The van der Waals surface area contributed by atoms with E-state index in [9.17, 15) is 0 Å². The van der Waals surface area contributed by atoms with Crippen LogP contribution in [0.4, 0.5) is 34.1 Å². The van der Waals surface area contributed by atoms with Crippen molar-refractivity contribution < 1.29 is 0 Å². The zero-order chi connectivity index (χ0) is 46.8. The van der Waals surface area contributed by atoms with E-state index in [0.29, 0.717) is 0 Å². The fourth-order valence-electron chi connectivity index (χ4n) is 10.6. The van der Waals surface area contributed by atoms with Gasteiger partial charge in [0.25, 0.3) is 0 Å². The summed E-state index contributed by atoms with van der Waals surface area (Å²) in [6, 6.07) is 93.7. The van der Waals surface area contributed by atoms with Crippen molar-refractivity contribution in [3.63, 3.8) is 0 Å². The molecule has 14 rings (SSSR count). The lowest BCUT2D eigenvalue weighted by Gasteiger charge is -2.28. The van der Waals surface area contributed by atoms with E-state index in [2.05, 4.69) is 265 Å². The first-order chi connectivity index (χ1) is 35.2. The van der Waals surface area contributed by atoms with Gasteiger partial charge in [0.15, 0.2) is 0 Å². The Morgan fingerprint density at radius 1 is 0.225 bits per heavy atom. The molecule has 0 N–H and O–H groups in total. The number of anilines is 6. The van der Waals surface area contributed by atoms with Crippen LogP contribution in [0.3, 0.4) is 0 Å². The first-order valence-corrected chi connectivity index (χ1v) is 26.4. The molecule has 3 aromatic heterocycles. The Morgan fingerprint density at radius 3 is 1.17 bits per heavy atom. The number of hydrogen-bond donors (Lipinski definition) is 0. The third kappa shape index (κ3) is 7.20. The quantitative estimate of drug-likeness (QED) is 0.142. The van der Waals surface area contributed by atoms with E-state index in [4.69, 9.17) is 0 Å². The van der Waals surface area contributed by atoms with Gasteiger partial charge >= 0.3 is 0 Å². The Kier molecular flexibility index (Phi) is 10.1. The van der Waals surface area contributed by atoms with Gasteiger partial charge in [-0.15, -0.1) is 34.0 Å². The predicted octanol–water partition coefficient (Wildman–Crippen LogP) is 20.7. The number of nitrogens with zero attached hydrogens (tertiary/aromatic N) is 2.